The standard InChI is InChI=1S/C23H22Cl2N4O3/c1-31-15-6-7-16-20(12-15)32-13-17-21(23(30)27-28-9-3-2-4-10-28)26-29(22(16)17)19-8-5-14(24)11-18(19)25/h5-8,11-12H,2-4,9-10,13H2,1H3,(H,27,30). The highest BCUT2D eigenvalue weighted by Crippen LogP contribution is 2.42. The fourth-order valence-corrected chi connectivity index (χ4v) is 4.66. The van der Waals surface area contributed by atoms with Crippen LogP contribution < -0.4 is 14.9 Å². The van der Waals surface area contributed by atoms with Gasteiger partial charge in [-0.2, -0.15) is 5.10 Å². The van der Waals surface area contributed by atoms with Gasteiger partial charge >= 0.3 is 0 Å². The van der Waals surface area contributed by atoms with Gasteiger partial charge in [-0.1, -0.05) is 29.6 Å². The number of amides is 1. The fraction of sp³-hybridized carbons (Fsp3) is 0.304. The third-order valence-electron chi connectivity index (χ3n) is 5.77. The number of ether oxygens (including phenoxy) is 2. The lowest BCUT2D eigenvalue weighted by atomic mass is 10.0. The summed E-state index contributed by atoms with van der Waals surface area (Å²) >= 11 is 12.6. The number of fused-ring (bicyclic) bond motifs is 3. The Bertz CT molecular complexity index is 1190. The Morgan fingerprint density at radius 1 is 1.12 bits per heavy atom. The second kappa shape index (κ2) is 8.65. The molecule has 0 spiro atoms. The number of nitrogens with zero attached hydrogens (tertiary/aromatic N) is 3. The molecule has 9 heteroatoms. The Balaban J connectivity index is 1.63. The number of carbonyl (C=O) groups excluding carboxylic acids is 1. The molecule has 0 atom stereocenters. The third kappa shape index (κ3) is 3.81. The highest BCUT2D eigenvalue weighted by molar-refractivity contribution is 6.35. The van der Waals surface area contributed by atoms with Gasteiger partial charge in [0, 0.05) is 35.3 Å². The van der Waals surface area contributed by atoms with Crippen LogP contribution in [0.2, 0.25) is 10.0 Å². The number of hydrazine groups is 1. The van der Waals surface area contributed by atoms with Crippen LogP contribution in [0.3, 0.4) is 0 Å². The van der Waals surface area contributed by atoms with Crippen molar-refractivity contribution in [1.82, 2.24) is 20.2 Å². The number of hydrogen-bond donors (Lipinski definition) is 1. The topological polar surface area (TPSA) is 68.6 Å². The summed E-state index contributed by atoms with van der Waals surface area (Å²) < 4.78 is 13.0. The van der Waals surface area contributed by atoms with Gasteiger partial charge in [0.25, 0.3) is 5.91 Å². The average Bonchev–Trinajstić information content (AvgIpc) is 3.19. The molecule has 3 heterocycles. The second-order valence-electron chi connectivity index (χ2n) is 7.82. The van der Waals surface area contributed by atoms with Crippen LogP contribution in [-0.4, -0.2) is 40.9 Å². The van der Waals surface area contributed by atoms with Gasteiger partial charge in [0.1, 0.15) is 18.1 Å². The number of carbonyl (C=O) groups is 1. The van der Waals surface area contributed by atoms with Crippen LogP contribution in [0.5, 0.6) is 11.5 Å². The van der Waals surface area contributed by atoms with Crippen molar-refractivity contribution in [2.75, 3.05) is 20.2 Å². The van der Waals surface area contributed by atoms with E-state index in [9.17, 15) is 4.79 Å². The first-order valence-corrected chi connectivity index (χ1v) is 11.2. The van der Waals surface area contributed by atoms with Gasteiger partial charge in [-0.15, -0.1) is 0 Å². The maximum absolute atomic E-state index is 13.2. The molecule has 7 nitrogen and oxygen atoms in total. The molecule has 0 bridgehead atoms. The number of aromatic nitrogens is 2. The summed E-state index contributed by atoms with van der Waals surface area (Å²) in [5, 5.41) is 7.61. The lowest BCUT2D eigenvalue weighted by Crippen LogP contribution is -2.45. The van der Waals surface area contributed by atoms with Crippen LogP contribution >= 0.6 is 23.2 Å². The zero-order valence-electron chi connectivity index (χ0n) is 17.5. The largest absolute Gasteiger partial charge is 0.497 e. The zero-order chi connectivity index (χ0) is 22.2. The Hall–Kier alpha value is -2.74. The molecule has 1 saturated heterocycles. The van der Waals surface area contributed by atoms with Gasteiger partial charge in [-0.3, -0.25) is 10.2 Å². The molecule has 1 amide bonds. The van der Waals surface area contributed by atoms with Crippen LogP contribution in [0.25, 0.3) is 16.9 Å². The fourth-order valence-electron chi connectivity index (χ4n) is 4.17. The minimum atomic E-state index is -0.257. The van der Waals surface area contributed by atoms with Crippen molar-refractivity contribution >= 4 is 29.1 Å². The van der Waals surface area contributed by atoms with Crippen molar-refractivity contribution in [2.45, 2.75) is 25.9 Å². The smallest absolute Gasteiger partial charge is 0.286 e. The maximum Gasteiger partial charge on any atom is 0.286 e. The number of piperidine rings is 1. The number of benzene rings is 2. The Morgan fingerprint density at radius 2 is 1.94 bits per heavy atom. The molecule has 1 N–H and O–H groups in total. The van der Waals surface area contributed by atoms with Crippen molar-refractivity contribution in [1.29, 1.82) is 0 Å². The number of hydrogen-bond acceptors (Lipinski definition) is 5. The molecule has 2 aliphatic heterocycles. The maximum atomic E-state index is 13.2. The molecule has 32 heavy (non-hydrogen) atoms. The summed E-state index contributed by atoms with van der Waals surface area (Å²) in [7, 11) is 1.61. The first-order valence-electron chi connectivity index (χ1n) is 10.5. The number of nitrogens with one attached hydrogen (secondary N) is 1. The van der Waals surface area contributed by atoms with E-state index in [0.29, 0.717) is 38.5 Å². The average molecular weight is 473 g/mol. The molecular weight excluding hydrogens is 451 g/mol. The SMILES string of the molecule is COc1ccc2c(c1)OCc1c(C(=O)NN3CCCCC3)nn(-c3ccc(Cl)cc3Cl)c1-2. The van der Waals surface area contributed by atoms with E-state index in [1.807, 2.05) is 23.2 Å². The summed E-state index contributed by atoms with van der Waals surface area (Å²) in [5.41, 5.74) is 6.24. The number of rotatable bonds is 4. The van der Waals surface area contributed by atoms with Gasteiger partial charge in [-0.05, 0) is 43.2 Å². The van der Waals surface area contributed by atoms with E-state index in [0.717, 1.165) is 37.2 Å². The van der Waals surface area contributed by atoms with Crippen LogP contribution in [0, 0.1) is 0 Å². The minimum Gasteiger partial charge on any atom is -0.497 e. The van der Waals surface area contributed by atoms with Gasteiger partial charge in [0.15, 0.2) is 5.69 Å². The molecule has 0 saturated carbocycles. The summed E-state index contributed by atoms with van der Waals surface area (Å²) in [5.74, 6) is 1.09. The minimum absolute atomic E-state index is 0.212. The van der Waals surface area contributed by atoms with Crippen molar-refractivity contribution in [3.8, 4) is 28.4 Å². The molecule has 0 aliphatic carbocycles. The summed E-state index contributed by atoms with van der Waals surface area (Å²) in [6.07, 6.45) is 3.30. The van der Waals surface area contributed by atoms with Gasteiger partial charge in [0.2, 0.25) is 0 Å². The monoisotopic (exact) mass is 472 g/mol. The molecule has 0 radical (unpaired) electrons. The van der Waals surface area contributed by atoms with Crippen molar-refractivity contribution in [3.05, 3.63) is 57.7 Å². The summed E-state index contributed by atoms with van der Waals surface area (Å²) in [6, 6.07) is 10.8. The van der Waals surface area contributed by atoms with E-state index in [4.69, 9.17) is 37.8 Å². The number of halogens is 2. The molecule has 1 fully saturated rings. The Morgan fingerprint density at radius 3 is 2.69 bits per heavy atom. The highest BCUT2D eigenvalue weighted by Gasteiger charge is 2.31. The third-order valence-corrected chi connectivity index (χ3v) is 6.31. The lowest BCUT2D eigenvalue weighted by Gasteiger charge is -2.26. The van der Waals surface area contributed by atoms with Gasteiger partial charge < -0.3 is 9.47 Å². The molecule has 2 aromatic carbocycles. The predicted octanol–water partition coefficient (Wildman–Crippen LogP) is 4.88. The normalized spacial score (nSPS) is 15.5. The van der Waals surface area contributed by atoms with E-state index >= 15 is 0 Å². The van der Waals surface area contributed by atoms with Crippen molar-refractivity contribution < 1.29 is 14.3 Å². The zero-order valence-corrected chi connectivity index (χ0v) is 19.0. The van der Waals surface area contributed by atoms with Crippen LogP contribution in [-0.2, 0) is 6.61 Å². The van der Waals surface area contributed by atoms with Gasteiger partial charge in [-0.25, -0.2) is 9.69 Å². The number of methoxy groups -OCH3 is 1. The molecular formula is C23H22Cl2N4O3. The van der Waals surface area contributed by atoms with Crippen LogP contribution in [0.1, 0.15) is 35.3 Å². The molecule has 166 valence electrons. The van der Waals surface area contributed by atoms with Crippen LogP contribution in [0.15, 0.2) is 36.4 Å². The first-order chi connectivity index (χ1) is 15.5. The second-order valence-corrected chi connectivity index (χ2v) is 8.67. The first kappa shape index (κ1) is 21.1. The predicted molar refractivity (Wildman–Crippen MR) is 123 cm³/mol. The van der Waals surface area contributed by atoms with E-state index < -0.39 is 0 Å². The van der Waals surface area contributed by atoms with E-state index in [1.165, 1.54) is 6.42 Å². The molecule has 5 rings (SSSR count). The summed E-state index contributed by atoms with van der Waals surface area (Å²) in [4.78, 5) is 13.2. The Kier molecular flexibility index (Phi) is 5.71. The highest BCUT2D eigenvalue weighted by atomic mass is 35.5. The molecule has 3 aromatic rings. The molecule has 0 unspecified atom stereocenters. The van der Waals surface area contributed by atoms with E-state index in [-0.39, 0.29) is 12.5 Å². The summed E-state index contributed by atoms with van der Waals surface area (Å²) in [6.45, 7) is 1.87. The van der Waals surface area contributed by atoms with E-state index in [1.54, 1.807) is 30.0 Å². The molecule has 2 aliphatic rings. The van der Waals surface area contributed by atoms with Crippen LogP contribution in [0.4, 0.5) is 0 Å². The van der Waals surface area contributed by atoms with Gasteiger partial charge in [0.05, 0.1) is 23.5 Å². The van der Waals surface area contributed by atoms with E-state index in [2.05, 4.69) is 5.43 Å². The van der Waals surface area contributed by atoms with Crippen molar-refractivity contribution in [2.24, 2.45) is 0 Å². The van der Waals surface area contributed by atoms with Crippen molar-refractivity contribution in [3.63, 3.8) is 0 Å². The Labute approximate surface area is 195 Å². The molecule has 1 aromatic heterocycles. The lowest BCUT2D eigenvalue weighted by molar-refractivity contribution is 0.0742. The quantitative estimate of drug-likeness (QED) is 0.585.